The molecule has 7 heteroatoms. The smallest absolute Gasteiger partial charge is 0.352 e. The normalized spacial score (nSPS) is 15.5. The lowest BCUT2D eigenvalue weighted by Crippen LogP contribution is -2.45. The molecule has 1 aromatic carbocycles. The van der Waals surface area contributed by atoms with E-state index < -0.39 is 0 Å². The molecule has 0 atom stereocenters. The highest BCUT2D eigenvalue weighted by molar-refractivity contribution is 7.18. The summed E-state index contributed by atoms with van der Waals surface area (Å²) in [5.41, 5.74) is 7.20. The molecule has 24 heavy (non-hydrogen) atoms. The molecule has 0 spiro atoms. The Morgan fingerprint density at radius 2 is 1.96 bits per heavy atom. The van der Waals surface area contributed by atoms with Crippen molar-refractivity contribution in [3.63, 3.8) is 0 Å². The molecule has 1 fully saturated rings. The van der Waals surface area contributed by atoms with Gasteiger partial charge in [0.2, 0.25) is 0 Å². The standard InChI is InChI=1S/C17H22N4O2S/c1-2-23-16(22)14-15(18)19-17(24-14)21-10-8-20(9-11-21)12-13-6-4-3-5-7-13/h3-7H,2,8-12,18H2,1H3. The minimum atomic E-state index is -0.388. The predicted octanol–water partition coefficient (Wildman–Crippen LogP) is 2.22. The van der Waals surface area contributed by atoms with Crippen LogP contribution in [0.3, 0.4) is 0 Å². The second kappa shape index (κ2) is 7.63. The van der Waals surface area contributed by atoms with Gasteiger partial charge in [0.05, 0.1) is 6.61 Å². The number of carbonyl (C=O) groups excluding carboxylic acids is 1. The van der Waals surface area contributed by atoms with Gasteiger partial charge in [0, 0.05) is 32.7 Å². The summed E-state index contributed by atoms with van der Waals surface area (Å²) in [6.45, 7) is 6.75. The average molecular weight is 346 g/mol. The number of hydrogen-bond donors (Lipinski definition) is 1. The quantitative estimate of drug-likeness (QED) is 0.837. The van der Waals surface area contributed by atoms with E-state index in [-0.39, 0.29) is 11.8 Å². The van der Waals surface area contributed by atoms with Crippen molar-refractivity contribution < 1.29 is 9.53 Å². The van der Waals surface area contributed by atoms with Crippen molar-refractivity contribution in [3.8, 4) is 0 Å². The van der Waals surface area contributed by atoms with E-state index in [0.717, 1.165) is 37.9 Å². The van der Waals surface area contributed by atoms with Gasteiger partial charge < -0.3 is 15.4 Å². The number of nitrogens with zero attached hydrogens (tertiary/aromatic N) is 3. The minimum Gasteiger partial charge on any atom is -0.462 e. The first-order valence-corrected chi connectivity index (χ1v) is 8.93. The van der Waals surface area contributed by atoms with Crippen LogP contribution < -0.4 is 10.6 Å². The first-order valence-electron chi connectivity index (χ1n) is 8.12. The number of nitrogens with two attached hydrogens (primary N) is 1. The zero-order valence-electron chi connectivity index (χ0n) is 13.8. The van der Waals surface area contributed by atoms with Crippen molar-refractivity contribution in [2.45, 2.75) is 13.5 Å². The molecule has 0 radical (unpaired) electrons. The van der Waals surface area contributed by atoms with Crippen LogP contribution >= 0.6 is 11.3 Å². The van der Waals surface area contributed by atoms with Crippen LogP contribution in [0.5, 0.6) is 0 Å². The molecule has 1 aliphatic heterocycles. The largest absolute Gasteiger partial charge is 0.462 e. The van der Waals surface area contributed by atoms with Crippen LogP contribution in [0.15, 0.2) is 30.3 Å². The van der Waals surface area contributed by atoms with Gasteiger partial charge in [-0.3, -0.25) is 4.90 Å². The molecule has 1 aliphatic rings. The first kappa shape index (κ1) is 16.7. The Hall–Kier alpha value is -2.12. The van der Waals surface area contributed by atoms with Crippen molar-refractivity contribution in [2.24, 2.45) is 0 Å². The maximum absolute atomic E-state index is 11.9. The highest BCUT2D eigenvalue weighted by Gasteiger charge is 2.23. The number of esters is 1. The SMILES string of the molecule is CCOC(=O)c1sc(N2CCN(Cc3ccccc3)CC2)nc1N. The lowest BCUT2D eigenvalue weighted by Gasteiger charge is -2.34. The molecule has 3 rings (SSSR count). The summed E-state index contributed by atoms with van der Waals surface area (Å²) in [4.78, 5) is 21.2. The van der Waals surface area contributed by atoms with Crippen molar-refractivity contribution >= 4 is 28.3 Å². The maximum Gasteiger partial charge on any atom is 0.352 e. The lowest BCUT2D eigenvalue weighted by atomic mass is 10.2. The van der Waals surface area contributed by atoms with Gasteiger partial charge in [-0.2, -0.15) is 0 Å². The van der Waals surface area contributed by atoms with Gasteiger partial charge in [-0.25, -0.2) is 9.78 Å². The Kier molecular flexibility index (Phi) is 5.32. The first-order chi connectivity index (χ1) is 11.7. The van der Waals surface area contributed by atoms with Crippen molar-refractivity contribution in [2.75, 3.05) is 43.4 Å². The Morgan fingerprint density at radius 1 is 1.25 bits per heavy atom. The predicted molar refractivity (Wildman–Crippen MR) is 96.4 cm³/mol. The third kappa shape index (κ3) is 3.85. The number of hydrogen-bond acceptors (Lipinski definition) is 7. The second-order valence-corrected chi connectivity index (χ2v) is 6.66. The Labute approximate surface area is 145 Å². The molecule has 2 aromatic rings. The molecular weight excluding hydrogens is 324 g/mol. The van der Waals surface area contributed by atoms with E-state index in [1.807, 2.05) is 6.07 Å². The Balaban J connectivity index is 1.59. The third-order valence-electron chi connectivity index (χ3n) is 3.99. The molecule has 128 valence electrons. The fraction of sp³-hybridized carbons (Fsp3) is 0.412. The number of aromatic nitrogens is 1. The van der Waals surface area contributed by atoms with Gasteiger partial charge in [-0.05, 0) is 12.5 Å². The van der Waals surface area contributed by atoms with Gasteiger partial charge in [0.1, 0.15) is 0 Å². The minimum absolute atomic E-state index is 0.264. The number of benzene rings is 1. The number of piperazine rings is 1. The van der Waals surface area contributed by atoms with E-state index in [1.165, 1.54) is 16.9 Å². The highest BCUT2D eigenvalue weighted by atomic mass is 32.1. The fourth-order valence-electron chi connectivity index (χ4n) is 2.74. The van der Waals surface area contributed by atoms with Crippen LogP contribution in [0.1, 0.15) is 22.2 Å². The highest BCUT2D eigenvalue weighted by Crippen LogP contribution is 2.29. The van der Waals surface area contributed by atoms with Gasteiger partial charge in [0.15, 0.2) is 15.8 Å². The van der Waals surface area contributed by atoms with Crippen LogP contribution in [0.2, 0.25) is 0 Å². The summed E-state index contributed by atoms with van der Waals surface area (Å²) >= 11 is 1.32. The topological polar surface area (TPSA) is 71.7 Å². The number of rotatable bonds is 5. The molecule has 0 amide bonds. The van der Waals surface area contributed by atoms with E-state index >= 15 is 0 Å². The van der Waals surface area contributed by atoms with Crippen LogP contribution in [0.4, 0.5) is 10.9 Å². The number of nitrogen functional groups attached to an aromatic ring is 1. The summed E-state index contributed by atoms with van der Waals surface area (Å²) in [5, 5.41) is 0.801. The molecule has 0 unspecified atom stereocenters. The zero-order chi connectivity index (χ0) is 16.9. The number of ether oxygens (including phenoxy) is 1. The average Bonchev–Trinajstić information content (AvgIpc) is 2.99. The zero-order valence-corrected chi connectivity index (χ0v) is 14.6. The molecule has 0 bridgehead atoms. The maximum atomic E-state index is 11.9. The molecule has 1 saturated heterocycles. The molecule has 2 N–H and O–H groups in total. The Morgan fingerprint density at radius 3 is 2.62 bits per heavy atom. The summed E-state index contributed by atoms with van der Waals surface area (Å²) in [6.07, 6.45) is 0. The molecule has 0 aliphatic carbocycles. The summed E-state index contributed by atoms with van der Waals surface area (Å²) in [7, 11) is 0. The van der Waals surface area contributed by atoms with E-state index in [1.54, 1.807) is 6.92 Å². The van der Waals surface area contributed by atoms with E-state index in [0.29, 0.717) is 11.5 Å². The van der Waals surface area contributed by atoms with Gasteiger partial charge >= 0.3 is 5.97 Å². The van der Waals surface area contributed by atoms with E-state index in [4.69, 9.17) is 10.5 Å². The van der Waals surface area contributed by atoms with E-state index in [9.17, 15) is 4.79 Å². The number of anilines is 2. The third-order valence-corrected chi connectivity index (χ3v) is 5.11. The monoisotopic (exact) mass is 346 g/mol. The Bertz CT molecular complexity index is 681. The molecular formula is C17H22N4O2S. The van der Waals surface area contributed by atoms with E-state index in [2.05, 4.69) is 39.0 Å². The van der Waals surface area contributed by atoms with Crippen molar-refractivity contribution in [1.82, 2.24) is 9.88 Å². The van der Waals surface area contributed by atoms with Crippen LogP contribution in [-0.2, 0) is 11.3 Å². The lowest BCUT2D eigenvalue weighted by molar-refractivity contribution is 0.0533. The fourth-order valence-corrected chi connectivity index (χ4v) is 3.67. The second-order valence-electron chi connectivity index (χ2n) is 5.68. The molecule has 1 aromatic heterocycles. The van der Waals surface area contributed by atoms with Gasteiger partial charge in [0.25, 0.3) is 0 Å². The van der Waals surface area contributed by atoms with Crippen LogP contribution in [0.25, 0.3) is 0 Å². The number of thiazole rings is 1. The van der Waals surface area contributed by atoms with Gasteiger partial charge in [-0.15, -0.1) is 0 Å². The van der Waals surface area contributed by atoms with Crippen LogP contribution in [0, 0.1) is 0 Å². The van der Waals surface area contributed by atoms with Gasteiger partial charge in [-0.1, -0.05) is 41.7 Å². The van der Waals surface area contributed by atoms with Crippen LogP contribution in [-0.4, -0.2) is 48.6 Å². The molecule has 2 heterocycles. The molecule has 6 nitrogen and oxygen atoms in total. The van der Waals surface area contributed by atoms with Crippen molar-refractivity contribution in [1.29, 1.82) is 0 Å². The summed E-state index contributed by atoms with van der Waals surface area (Å²) < 4.78 is 5.02. The summed E-state index contributed by atoms with van der Waals surface area (Å²) in [5.74, 6) is -0.123. The molecule has 0 saturated carbocycles. The number of carbonyl (C=O) groups is 1. The van der Waals surface area contributed by atoms with Crippen molar-refractivity contribution in [3.05, 3.63) is 40.8 Å². The summed E-state index contributed by atoms with van der Waals surface area (Å²) in [6, 6.07) is 10.5.